The third-order valence-electron chi connectivity index (χ3n) is 4.19. The Balaban J connectivity index is 2.30. The Morgan fingerprint density at radius 2 is 1.62 bits per heavy atom. The summed E-state index contributed by atoms with van der Waals surface area (Å²) in [5.74, 6) is 0.594. The van der Waals surface area contributed by atoms with Crippen LogP contribution in [0.2, 0.25) is 0 Å². The smallest absolute Gasteiger partial charge is 0.400 e. The van der Waals surface area contributed by atoms with Crippen LogP contribution in [0.15, 0.2) is 17.6 Å². The summed E-state index contributed by atoms with van der Waals surface area (Å²) in [6.07, 6.45) is 2.09. The van der Waals surface area contributed by atoms with Crippen molar-refractivity contribution in [2.24, 2.45) is 0 Å². The van der Waals surface area contributed by atoms with E-state index in [9.17, 15) is 0 Å². The molecule has 0 N–H and O–H groups in total. The van der Waals surface area contributed by atoms with Crippen molar-refractivity contribution in [2.75, 3.05) is 5.75 Å². The van der Waals surface area contributed by atoms with Crippen LogP contribution in [0.1, 0.15) is 44.6 Å². The molecule has 0 spiro atoms. The second-order valence-corrected chi connectivity index (χ2v) is 6.97. The number of aromatic nitrogens is 1. The summed E-state index contributed by atoms with van der Waals surface area (Å²) in [6.45, 7) is 12.2. The van der Waals surface area contributed by atoms with E-state index >= 15 is 0 Å². The van der Waals surface area contributed by atoms with Crippen molar-refractivity contribution in [3.8, 4) is 0 Å². The van der Waals surface area contributed by atoms with Gasteiger partial charge in [-0.25, -0.2) is 0 Å². The monoisotopic (exact) mass is 305 g/mol. The highest BCUT2D eigenvalue weighted by molar-refractivity contribution is 7.80. The van der Waals surface area contributed by atoms with Crippen LogP contribution < -0.4 is 0 Å². The van der Waals surface area contributed by atoms with Gasteiger partial charge in [0.15, 0.2) is 0 Å². The van der Waals surface area contributed by atoms with Crippen molar-refractivity contribution < 1.29 is 9.31 Å². The molecule has 0 radical (unpaired) electrons. The fraction of sp³-hybridized carbons (Fsp3) is 0.562. The lowest BCUT2D eigenvalue weighted by atomic mass is 9.78. The van der Waals surface area contributed by atoms with Crippen LogP contribution in [0.4, 0.5) is 0 Å². The number of nitrogens with zero attached hydrogens (tertiary/aromatic N) is 1. The van der Waals surface area contributed by atoms with Gasteiger partial charge in [-0.2, -0.15) is 12.6 Å². The van der Waals surface area contributed by atoms with Crippen LogP contribution in [0.5, 0.6) is 0 Å². The summed E-state index contributed by atoms with van der Waals surface area (Å²) >= 11 is 4.44. The Morgan fingerprint density at radius 3 is 2.05 bits per heavy atom. The molecule has 1 fully saturated rings. The summed E-state index contributed by atoms with van der Waals surface area (Å²) in [5.41, 5.74) is 3.50. The van der Waals surface area contributed by atoms with E-state index in [2.05, 4.69) is 63.5 Å². The van der Waals surface area contributed by atoms with Gasteiger partial charge in [-0.15, -0.1) is 0 Å². The fourth-order valence-electron chi connectivity index (χ4n) is 2.35. The Kier molecular flexibility index (Phi) is 4.57. The second-order valence-electron chi connectivity index (χ2n) is 6.65. The summed E-state index contributed by atoms with van der Waals surface area (Å²) in [6, 6.07) is 4.11. The van der Waals surface area contributed by atoms with Crippen molar-refractivity contribution in [1.82, 2.24) is 4.98 Å². The zero-order valence-corrected chi connectivity index (χ0v) is 14.6. The molecule has 1 aliphatic heterocycles. The van der Waals surface area contributed by atoms with Gasteiger partial charge in [0.1, 0.15) is 0 Å². The average molecular weight is 305 g/mol. The standard InChI is InChI=1S/C16H24BNO2S/c1-11-7-13(8-12(2)18-11)9-14(10-21)17-19-15(3,4)16(5,6)20-17/h7-9,21H,10H2,1-6H3. The number of hydrogen-bond donors (Lipinski definition) is 1. The van der Waals surface area contributed by atoms with Crippen molar-refractivity contribution in [1.29, 1.82) is 0 Å². The molecule has 1 aliphatic rings. The fourth-order valence-corrected chi connectivity index (χ4v) is 2.59. The molecule has 0 bridgehead atoms. The molecule has 2 rings (SSSR count). The van der Waals surface area contributed by atoms with E-state index in [4.69, 9.17) is 9.31 Å². The van der Waals surface area contributed by atoms with Crippen LogP contribution in [0, 0.1) is 13.8 Å². The van der Waals surface area contributed by atoms with Crippen LogP contribution in [0.3, 0.4) is 0 Å². The van der Waals surface area contributed by atoms with Gasteiger partial charge in [-0.3, -0.25) is 4.98 Å². The lowest BCUT2D eigenvalue weighted by molar-refractivity contribution is 0.00578. The first-order valence-corrected chi connectivity index (χ1v) is 7.90. The summed E-state index contributed by atoms with van der Waals surface area (Å²) in [4.78, 5) is 4.40. The van der Waals surface area contributed by atoms with Gasteiger partial charge in [0.05, 0.1) is 11.2 Å². The molecule has 1 aromatic rings. The Labute approximate surface area is 133 Å². The number of pyridine rings is 1. The first-order chi connectivity index (χ1) is 9.64. The van der Waals surface area contributed by atoms with E-state index in [1.165, 1.54) is 0 Å². The topological polar surface area (TPSA) is 31.4 Å². The highest BCUT2D eigenvalue weighted by Crippen LogP contribution is 2.39. The van der Waals surface area contributed by atoms with Gasteiger partial charge in [0, 0.05) is 17.1 Å². The first kappa shape index (κ1) is 16.6. The van der Waals surface area contributed by atoms with Gasteiger partial charge in [-0.1, -0.05) is 6.08 Å². The molecule has 0 aromatic carbocycles. The first-order valence-electron chi connectivity index (χ1n) is 7.27. The van der Waals surface area contributed by atoms with E-state index in [-0.39, 0.29) is 18.3 Å². The molecule has 3 nitrogen and oxygen atoms in total. The number of rotatable bonds is 3. The third kappa shape index (κ3) is 3.53. The number of aryl methyl sites for hydroxylation is 2. The highest BCUT2D eigenvalue weighted by Gasteiger charge is 2.52. The Morgan fingerprint density at radius 1 is 1.14 bits per heavy atom. The molecule has 114 valence electrons. The van der Waals surface area contributed by atoms with Gasteiger partial charge in [-0.05, 0) is 64.7 Å². The molecule has 0 saturated carbocycles. The maximum absolute atomic E-state index is 6.09. The van der Waals surface area contributed by atoms with Gasteiger partial charge < -0.3 is 9.31 Å². The minimum absolute atomic E-state index is 0.330. The SMILES string of the molecule is Cc1cc(C=C(CS)B2OC(C)(C)C(C)(C)O2)cc(C)n1. The Bertz CT molecular complexity index is 533. The van der Waals surface area contributed by atoms with E-state index in [0.717, 1.165) is 22.4 Å². The average Bonchev–Trinajstić information content (AvgIpc) is 2.54. The molecule has 1 aromatic heterocycles. The van der Waals surface area contributed by atoms with Gasteiger partial charge in [0.2, 0.25) is 0 Å². The predicted octanol–water partition coefficient (Wildman–Crippen LogP) is 3.64. The van der Waals surface area contributed by atoms with Crippen molar-refractivity contribution in [3.63, 3.8) is 0 Å². The van der Waals surface area contributed by atoms with Crippen LogP contribution in [-0.2, 0) is 9.31 Å². The molecule has 0 atom stereocenters. The van der Waals surface area contributed by atoms with E-state index < -0.39 is 0 Å². The molecule has 21 heavy (non-hydrogen) atoms. The molecule has 0 aliphatic carbocycles. The van der Waals surface area contributed by atoms with Crippen LogP contribution in [-0.4, -0.2) is 29.1 Å². The quantitative estimate of drug-likeness (QED) is 0.683. The maximum atomic E-state index is 6.09. The minimum atomic E-state index is -0.346. The van der Waals surface area contributed by atoms with E-state index in [1.807, 2.05) is 13.8 Å². The largest absolute Gasteiger partial charge is 0.491 e. The zero-order valence-electron chi connectivity index (χ0n) is 13.7. The lowest BCUT2D eigenvalue weighted by Gasteiger charge is -2.32. The Hall–Kier alpha value is -0.775. The van der Waals surface area contributed by atoms with Gasteiger partial charge >= 0.3 is 7.12 Å². The normalized spacial score (nSPS) is 20.9. The van der Waals surface area contributed by atoms with Crippen molar-refractivity contribution in [3.05, 3.63) is 34.6 Å². The number of thiol groups is 1. The summed E-state index contributed by atoms with van der Waals surface area (Å²) < 4.78 is 12.2. The van der Waals surface area contributed by atoms with E-state index in [1.54, 1.807) is 0 Å². The summed E-state index contributed by atoms with van der Waals surface area (Å²) in [7, 11) is -0.346. The predicted molar refractivity (Wildman–Crippen MR) is 91.6 cm³/mol. The number of hydrogen-bond acceptors (Lipinski definition) is 4. The molecule has 2 heterocycles. The highest BCUT2D eigenvalue weighted by atomic mass is 32.1. The molecule has 5 heteroatoms. The maximum Gasteiger partial charge on any atom is 0.491 e. The second kappa shape index (κ2) is 5.78. The molecular formula is C16H24BNO2S. The minimum Gasteiger partial charge on any atom is -0.400 e. The van der Waals surface area contributed by atoms with Crippen LogP contribution in [0.25, 0.3) is 6.08 Å². The zero-order chi connectivity index (χ0) is 15.8. The third-order valence-corrected chi connectivity index (χ3v) is 4.56. The van der Waals surface area contributed by atoms with Crippen molar-refractivity contribution in [2.45, 2.75) is 52.7 Å². The van der Waals surface area contributed by atoms with Crippen molar-refractivity contribution >= 4 is 25.8 Å². The molecule has 1 saturated heterocycles. The van der Waals surface area contributed by atoms with Crippen LogP contribution >= 0.6 is 12.6 Å². The molecular weight excluding hydrogens is 281 g/mol. The van der Waals surface area contributed by atoms with Gasteiger partial charge in [0.25, 0.3) is 0 Å². The lowest BCUT2D eigenvalue weighted by Crippen LogP contribution is -2.41. The molecule has 0 unspecified atom stereocenters. The summed E-state index contributed by atoms with van der Waals surface area (Å²) in [5, 5.41) is 0. The molecule has 0 amide bonds. The van der Waals surface area contributed by atoms with E-state index in [0.29, 0.717) is 5.75 Å².